The van der Waals surface area contributed by atoms with Crippen molar-refractivity contribution in [1.82, 2.24) is 0 Å². The van der Waals surface area contributed by atoms with Gasteiger partial charge >= 0.3 is 6.18 Å². The molecular formula is C8H2Cl2F4O2. The number of Topliss-reactive ketones (excluding diaryl/α,β-unsaturated/α-hetero) is 1. The summed E-state index contributed by atoms with van der Waals surface area (Å²) in [7, 11) is 0. The average molecular weight is 277 g/mol. The third-order valence-corrected chi connectivity index (χ3v) is 2.26. The monoisotopic (exact) mass is 276 g/mol. The fourth-order valence-corrected chi connectivity index (χ4v) is 1.37. The van der Waals surface area contributed by atoms with Crippen LogP contribution < -0.4 is 0 Å². The topological polar surface area (TPSA) is 37.3 Å². The number of hydrogen-bond acceptors (Lipinski definition) is 2. The molecule has 0 spiro atoms. The predicted octanol–water partition coefficient (Wildman–Crippen LogP) is 3.58. The minimum atomic E-state index is -5.21. The van der Waals surface area contributed by atoms with Crippen molar-refractivity contribution < 1.29 is 27.5 Å². The van der Waals surface area contributed by atoms with Crippen LogP contribution in [-0.4, -0.2) is 17.1 Å². The zero-order chi connectivity index (χ0) is 12.7. The van der Waals surface area contributed by atoms with Crippen molar-refractivity contribution in [3.05, 3.63) is 27.5 Å². The highest BCUT2D eigenvalue weighted by Gasteiger charge is 2.41. The first kappa shape index (κ1) is 13.1. The molecule has 1 N–H and O–H groups in total. The zero-order valence-electron chi connectivity index (χ0n) is 7.20. The van der Waals surface area contributed by atoms with Gasteiger partial charge in [-0.05, 0) is 6.07 Å². The lowest BCUT2D eigenvalue weighted by molar-refractivity contribution is -0.0886. The van der Waals surface area contributed by atoms with Gasteiger partial charge in [-0.3, -0.25) is 4.79 Å². The lowest BCUT2D eigenvalue weighted by Gasteiger charge is -2.09. The van der Waals surface area contributed by atoms with Crippen LogP contribution in [-0.2, 0) is 0 Å². The first-order valence-corrected chi connectivity index (χ1v) is 4.39. The highest BCUT2D eigenvalue weighted by Crippen LogP contribution is 2.37. The highest BCUT2D eigenvalue weighted by molar-refractivity contribution is 6.36. The summed E-state index contributed by atoms with van der Waals surface area (Å²) in [6.07, 6.45) is -5.21. The van der Waals surface area contributed by atoms with Crippen LogP contribution in [0, 0.1) is 5.82 Å². The molecule has 0 fully saturated rings. The van der Waals surface area contributed by atoms with Gasteiger partial charge in [0.15, 0.2) is 5.82 Å². The second kappa shape index (κ2) is 4.10. The Morgan fingerprint density at radius 3 is 2.25 bits per heavy atom. The molecule has 1 rings (SSSR count). The smallest absolute Gasteiger partial charge is 0.455 e. The van der Waals surface area contributed by atoms with Gasteiger partial charge in [-0.1, -0.05) is 23.2 Å². The Hall–Kier alpha value is -1.01. The van der Waals surface area contributed by atoms with Gasteiger partial charge in [0, 0.05) is 0 Å². The van der Waals surface area contributed by atoms with Gasteiger partial charge in [-0.25, -0.2) is 4.39 Å². The molecule has 0 aliphatic carbocycles. The van der Waals surface area contributed by atoms with Gasteiger partial charge in [0.05, 0.1) is 10.6 Å². The van der Waals surface area contributed by atoms with Crippen LogP contribution in [0.1, 0.15) is 10.4 Å². The Labute approximate surface area is 96.4 Å². The van der Waals surface area contributed by atoms with E-state index in [1.54, 1.807) is 0 Å². The quantitative estimate of drug-likeness (QED) is 0.484. The Kier molecular flexibility index (Phi) is 3.35. The van der Waals surface area contributed by atoms with Crippen LogP contribution in [0.5, 0.6) is 5.75 Å². The number of halogens is 6. The predicted molar refractivity (Wildman–Crippen MR) is 48.5 cm³/mol. The van der Waals surface area contributed by atoms with Crippen LogP contribution in [0.25, 0.3) is 0 Å². The van der Waals surface area contributed by atoms with E-state index in [1.807, 2.05) is 0 Å². The third-order valence-electron chi connectivity index (χ3n) is 1.64. The van der Waals surface area contributed by atoms with Gasteiger partial charge in [-0.15, -0.1) is 0 Å². The summed E-state index contributed by atoms with van der Waals surface area (Å²) in [6, 6.07) is 0.369. The maximum absolute atomic E-state index is 12.9. The molecule has 0 saturated heterocycles. The van der Waals surface area contributed by atoms with E-state index in [9.17, 15) is 22.4 Å². The second-order valence-electron chi connectivity index (χ2n) is 2.71. The van der Waals surface area contributed by atoms with Crippen molar-refractivity contribution in [3.63, 3.8) is 0 Å². The first-order chi connectivity index (χ1) is 7.16. The molecule has 0 atom stereocenters. The van der Waals surface area contributed by atoms with Crippen LogP contribution >= 0.6 is 23.2 Å². The molecule has 0 aromatic heterocycles. The number of benzene rings is 1. The molecule has 0 bridgehead atoms. The number of aromatic hydroxyl groups is 1. The van der Waals surface area contributed by atoms with E-state index in [4.69, 9.17) is 28.3 Å². The average Bonchev–Trinajstić information content (AvgIpc) is 2.18. The fourth-order valence-electron chi connectivity index (χ4n) is 0.911. The molecule has 16 heavy (non-hydrogen) atoms. The van der Waals surface area contributed by atoms with Gasteiger partial charge in [-0.2, -0.15) is 13.2 Å². The molecule has 8 heteroatoms. The van der Waals surface area contributed by atoms with Crippen molar-refractivity contribution in [3.8, 4) is 5.75 Å². The summed E-state index contributed by atoms with van der Waals surface area (Å²) in [6.45, 7) is 0. The Morgan fingerprint density at radius 2 is 1.81 bits per heavy atom. The lowest BCUT2D eigenvalue weighted by atomic mass is 10.1. The summed E-state index contributed by atoms with van der Waals surface area (Å²) in [4.78, 5) is 10.8. The standard InChI is InChI=1S/C8H2Cl2F4O2/c9-3-1-2(7(16)8(12,13)14)6(15)4(10)5(3)11/h1,15H. The summed E-state index contributed by atoms with van der Waals surface area (Å²) < 4.78 is 49.0. The number of carbonyl (C=O) groups is 1. The summed E-state index contributed by atoms with van der Waals surface area (Å²) >= 11 is 10.3. The lowest BCUT2D eigenvalue weighted by Crippen LogP contribution is -2.23. The number of alkyl halides is 3. The molecule has 2 nitrogen and oxygen atoms in total. The van der Waals surface area contributed by atoms with E-state index >= 15 is 0 Å². The molecule has 0 amide bonds. The molecule has 1 aromatic rings. The molecule has 0 aliphatic rings. The van der Waals surface area contributed by atoms with Crippen molar-refractivity contribution in [2.24, 2.45) is 0 Å². The molecule has 0 unspecified atom stereocenters. The summed E-state index contributed by atoms with van der Waals surface area (Å²) in [5, 5.41) is 7.28. The maximum atomic E-state index is 12.9. The van der Waals surface area contributed by atoms with Crippen LogP contribution in [0.15, 0.2) is 6.07 Å². The van der Waals surface area contributed by atoms with E-state index in [1.165, 1.54) is 0 Å². The van der Waals surface area contributed by atoms with Crippen molar-refractivity contribution >= 4 is 29.0 Å². The van der Waals surface area contributed by atoms with Crippen molar-refractivity contribution in [2.45, 2.75) is 6.18 Å². The number of phenols is 1. The highest BCUT2D eigenvalue weighted by atomic mass is 35.5. The second-order valence-corrected chi connectivity index (χ2v) is 3.49. The Balaban J connectivity index is 3.43. The van der Waals surface area contributed by atoms with Gasteiger partial charge in [0.2, 0.25) is 0 Å². The van der Waals surface area contributed by atoms with E-state index in [0.717, 1.165) is 0 Å². The van der Waals surface area contributed by atoms with E-state index in [2.05, 4.69) is 0 Å². The van der Waals surface area contributed by atoms with Crippen LogP contribution in [0.4, 0.5) is 17.6 Å². The Bertz CT molecular complexity index is 456. The molecule has 88 valence electrons. The minimum Gasteiger partial charge on any atom is -0.506 e. The van der Waals surface area contributed by atoms with Crippen molar-refractivity contribution in [1.29, 1.82) is 0 Å². The van der Waals surface area contributed by atoms with E-state index in [-0.39, 0.29) is 0 Å². The Morgan fingerprint density at radius 1 is 1.31 bits per heavy atom. The summed E-state index contributed by atoms with van der Waals surface area (Å²) in [5.41, 5.74) is -1.19. The van der Waals surface area contributed by atoms with Gasteiger partial charge < -0.3 is 5.11 Å². The molecule has 0 aliphatic heterocycles. The third kappa shape index (κ3) is 2.22. The first-order valence-electron chi connectivity index (χ1n) is 3.64. The minimum absolute atomic E-state index is 0.369. The van der Waals surface area contributed by atoms with Gasteiger partial charge in [0.25, 0.3) is 5.78 Å². The van der Waals surface area contributed by atoms with E-state index < -0.39 is 39.1 Å². The maximum Gasteiger partial charge on any atom is 0.455 e. The molecular weight excluding hydrogens is 275 g/mol. The number of ketones is 1. The fraction of sp³-hybridized carbons (Fsp3) is 0.125. The normalized spacial score (nSPS) is 11.6. The zero-order valence-corrected chi connectivity index (χ0v) is 8.71. The number of phenolic OH excluding ortho intramolecular Hbond substituents is 1. The van der Waals surface area contributed by atoms with Crippen LogP contribution in [0.2, 0.25) is 10.0 Å². The molecule has 0 saturated carbocycles. The number of carbonyl (C=O) groups excluding carboxylic acids is 1. The number of rotatable bonds is 1. The summed E-state index contributed by atoms with van der Waals surface area (Å²) in [5.74, 6) is -4.93. The number of hydrogen-bond donors (Lipinski definition) is 1. The molecule has 0 heterocycles. The SMILES string of the molecule is O=C(c1cc(Cl)c(F)c(Cl)c1O)C(F)(F)F. The van der Waals surface area contributed by atoms with Crippen LogP contribution in [0.3, 0.4) is 0 Å². The van der Waals surface area contributed by atoms with Crippen molar-refractivity contribution in [2.75, 3.05) is 0 Å². The molecule has 0 radical (unpaired) electrons. The van der Waals surface area contributed by atoms with E-state index in [0.29, 0.717) is 6.07 Å². The largest absolute Gasteiger partial charge is 0.506 e. The van der Waals surface area contributed by atoms with Gasteiger partial charge in [0.1, 0.15) is 10.8 Å². The molecule has 1 aromatic carbocycles.